The zero-order valence-electron chi connectivity index (χ0n) is 12.8. The summed E-state index contributed by atoms with van der Waals surface area (Å²) in [6.45, 7) is 1.54. The molecule has 0 bridgehead atoms. The molecule has 1 spiro atoms. The second-order valence-electron chi connectivity index (χ2n) is 6.06. The summed E-state index contributed by atoms with van der Waals surface area (Å²) in [4.78, 5) is 18.5. The Morgan fingerprint density at radius 2 is 2.09 bits per heavy atom. The molecule has 3 rings (SSSR count). The van der Waals surface area contributed by atoms with Crippen LogP contribution in [0, 0.1) is 0 Å². The maximum Gasteiger partial charge on any atom is 0.317 e. The smallest absolute Gasteiger partial charge is 0.317 e. The number of carbonyl (C=O) groups is 1. The summed E-state index contributed by atoms with van der Waals surface area (Å²) in [5.41, 5.74) is 2.63. The zero-order valence-corrected chi connectivity index (χ0v) is 12.8. The molecule has 0 aromatic heterocycles. The summed E-state index contributed by atoms with van der Waals surface area (Å²) in [6, 6.07) is 7.85. The molecular formula is C16H20N4O3. The van der Waals surface area contributed by atoms with Crippen molar-refractivity contribution in [2.75, 3.05) is 19.6 Å². The summed E-state index contributed by atoms with van der Waals surface area (Å²) in [5, 5.41) is 16.6. The molecule has 2 aliphatic heterocycles. The molecule has 7 heteroatoms. The van der Waals surface area contributed by atoms with Gasteiger partial charge in [-0.25, -0.2) is 0 Å². The summed E-state index contributed by atoms with van der Waals surface area (Å²) in [7, 11) is 0. The maximum absolute atomic E-state index is 10.8. The van der Waals surface area contributed by atoms with Gasteiger partial charge in [0.2, 0.25) is 0 Å². The van der Waals surface area contributed by atoms with E-state index < -0.39 is 5.97 Å². The minimum absolute atomic E-state index is 0.0912. The van der Waals surface area contributed by atoms with Crippen molar-refractivity contribution >= 4 is 17.9 Å². The van der Waals surface area contributed by atoms with Gasteiger partial charge in [-0.05, 0) is 11.1 Å². The van der Waals surface area contributed by atoms with Gasteiger partial charge in [0, 0.05) is 32.4 Å². The van der Waals surface area contributed by atoms with E-state index in [0.717, 1.165) is 49.2 Å². The molecule has 2 aliphatic rings. The third-order valence-electron chi connectivity index (χ3n) is 4.43. The van der Waals surface area contributed by atoms with Gasteiger partial charge in [-0.3, -0.25) is 9.69 Å². The highest BCUT2D eigenvalue weighted by atomic mass is 16.7. The normalized spacial score (nSPS) is 20.6. The topological polar surface area (TPSA) is 101 Å². The average Bonchev–Trinajstić information content (AvgIpc) is 2.95. The Hall–Kier alpha value is -2.41. The van der Waals surface area contributed by atoms with E-state index >= 15 is 0 Å². The van der Waals surface area contributed by atoms with Crippen LogP contribution in [0.25, 0.3) is 0 Å². The first kappa shape index (κ1) is 15.5. The highest BCUT2D eigenvalue weighted by molar-refractivity contribution is 6.02. The number of aliphatic carboxylic acids is 1. The van der Waals surface area contributed by atoms with E-state index in [2.05, 4.69) is 10.3 Å². The van der Waals surface area contributed by atoms with E-state index in [1.54, 1.807) is 6.21 Å². The fourth-order valence-electron chi connectivity index (χ4n) is 3.10. The molecule has 1 aromatic carbocycles. The fourth-order valence-corrected chi connectivity index (χ4v) is 3.10. The molecule has 0 atom stereocenters. The van der Waals surface area contributed by atoms with E-state index in [0.29, 0.717) is 0 Å². The van der Waals surface area contributed by atoms with Gasteiger partial charge in [-0.1, -0.05) is 29.4 Å². The summed E-state index contributed by atoms with van der Waals surface area (Å²) in [5.74, 6) is 4.35. The van der Waals surface area contributed by atoms with E-state index in [-0.39, 0.29) is 12.1 Å². The van der Waals surface area contributed by atoms with Crippen LogP contribution < -0.4 is 5.84 Å². The lowest BCUT2D eigenvalue weighted by molar-refractivity contribution is -0.140. The number of hydrogen-bond acceptors (Lipinski definition) is 6. The predicted molar refractivity (Wildman–Crippen MR) is 86.5 cm³/mol. The lowest BCUT2D eigenvalue weighted by atomic mass is 9.85. The lowest BCUT2D eigenvalue weighted by Gasteiger charge is -2.36. The third kappa shape index (κ3) is 3.50. The van der Waals surface area contributed by atoms with Crippen LogP contribution in [0.15, 0.2) is 34.5 Å². The summed E-state index contributed by atoms with van der Waals surface area (Å²) < 4.78 is 0. The Morgan fingerprint density at radius 3 is 2.70 bits per heavy atom. The molecule has 0 aliphatic carbocycles. The monoisotopic (exact) mass is 316 g/mol. The van der Waals surface area contributed by atoms with Crippen molar-refractivity contribution in [3.05, 3.63) is 35.4 Å². The van der Waals surface area contributed by atoms with Gasteiger partial charge in [-0.2, -0.15) is 5.10 Å². The third-order valence-corrected chi connectivity index (χ3v) is 4.43. The van der Waals surface area contributed by atoms with Crippen molar-refractivity contribution in [3.63, 3.8) is 0 Å². The summed E-state index contributed by atoms with van der Waals surface area (Å²) in [6.07, 6.45) is 3.95. The second kappa shape index (κ2) is 6.37. The number of hydrazone groups is 1. The molecule has 1 aromatic rings. The molecule has 3 N–H and O–H groups in total. The fraction of sp³-hybridized carbons (Fsp3) is 0.438. The number of benzene rings is 1. The Kier molecular flexibility index (Phi) is 4.29. The molecule has 7 nitrogen and oxygen atoms in total. The Bertz CT molecular complexity index is 631. The standard InChI is InChI=1S/C16H20N4O3/c17-18-10-12-1-3-13(4-2-12)14-9-16(23-19-14)5-7-20(8-6-16)11-15(21)22/h1-4,10H,5-9,11,17H2,(H,21,22). The molecule has 0 saturated carbocycles. The van der Waals surface area contributed by atoms with Crippen LogP contribution in [-0.2, 0) is 9.63 Å². The number of oxime groups is 1. The van der Waals surface area contributed by atoms with Crippen molar-refractivity contribution in [1.82, 2.24) is 4.90 Å². The largest absolute Gasteiger partial charge is 0.480 e. The number of hydrogen-bond donors (Lipinski definition) is 2. The number of carboxylic acids is 1. The van der Waals surface area contributed by atoms with E-state index in [1.165, 1.54) is 0 Å². The van der Waals surface area contributed by atoms with Crippen molar-refractivity contribution in [2.24, 2.45) is 16.1 Å². The lowest BCUT2D eigenvalue weighted by Crippen LogP contribution is -2.46. The summed E-state index contributed by atoms with van der Waals surface area (Å²) >= 11 is 0. The van der Waals surface area contributed by atoms with Crippen molar-refractivity contribution < 1.29 is 14.7 Å². The highest BCUT2D eigenvalue weighted by Crippen LogP contribution is 2.36. The maximum atomic E-state index is 10.8. The number of piperidine rings is 1. The van der Waals surface area contributed by atoms with Gasteiger partial charge < -0.3 is 15.8 Å². The van der Waals surface area contributed by atoms with Crippen molar-refractivity contribution in [2.45, 2.75) is 24.9 Å². The van der Waals surface area contributed by atoms with E-state index in [9.17, 15) is 4.79 Å². The van der Waals surface area contributed by atoms with Crippen LogP contribution in [0.4, 0.5) is 0 Å². The first-order valence-electron chi connectivity index (χ1n) is 7.63. The van der Waals surface area contributed by atoms with Crippen LogP contribution in [0.1, 0.15) is 30.4 Å². The zero-order chi connectivity index (χ0) is 16.3. The molecule has 0 radical (unpaired) electrons. The van der Waals surface area contributed by atoms with Gasteiger partial charge in [0.25, 0.3) is 0 Å². The SMILES string of the molecule is NN=Cc1ccc(C2=NOC3(CCN(CC(=O)O)CC3)C2)cc1. The van der Waals surface area contributed by atoms with Crippen LogP contribution in [0.2, 0.25) is 0 Å². The Balaban J connectivity index is 1.61. The molecule has 0 unspecified atom stereocenters. The first-order valence-corrected chi connectivity index (χ1v) is 7.63. The van der Waals surface area contributed by atoms with Crippen LogP contribution in [0.5, 0.6) is 0 Å². The number of rotatable bonds is 4. The molecule has 0 amide bonds. The van der Waals surface area contributed by atoms with Gasteiger partial charge in [0.15, 0.2) is 0 Å². The molecule has 2 heterocycles. The second-order valence-corrected chi connectivity index (χ2v) is 6.06. The van der Waals surface area contributed by atoms with Crippen LogP contribution >= 0.6 is 0 Å². The predicted octanol–water partition coefficient (Wildman–Crippen LogP) is 1.02. The number of nitrogens with zero attached hydrogens (tertiary/aromatic N) is 3. The highest BCUT2D eigenvalue weighted by Gasteiger charge is 2.42. The molecule has 122 valence electrons. The van der Waals surface area contributed by atoms with Crippen LogP contribution in [-0.4, -0.2) is 53.1 Å². The number of nitrogens with two attached hydrogens (primary N) is 1. The van der Waals surface area contributed by atoms with E-state index in [4.69, 9.17) is 15.8 Å². The molecule has 1 fully saturated rings. The van der Waals surface area contributed by atoms with Gasteiger partial charge >= 0.3 is 5.97 Å². The molecule has 23 heavy (non-hydrogen) atoms. The van der Waals surface area contributed by atoms with Gasteiger partial charge in [0.05, 0.1) is 18.5 Å². The van der Waals surface area contributed by atoms with Crippen LogP contribution in [0.3, 0.4) is 0 Å². The minimum atomic E-state index is -0.786. The minimum Gasteiger partial charge on any atom is -0.480 e. The Labute approximate surface area is 134 Å². The Morgan fingerprint density at radius 1 is 1.39 bits per heavy atom. The van der Waals surface area contributed by atoms with Crippen molar-refractivity contribution in [3.8, 4) is 0 Å². The van der Waals surface area contributed by atoms with Gasteiger partial charge in [-0.15, -0.1) is 0 Å². The number of likely N-dealkylation sites (tertiary alicyclic amines) is 1. The van der Waals surface area contributed by atoms with Crippen molar-refractivity contribution in [1.29, 1.82) is 0 Å². The first-order chi connectivity index (χ1) is 11.1. The molecule has 1 saturated heterocycles. The molecular weight excluding hydrogens is 296 g/mol. The quantitative estimate of drug-likeness (QED) is 0.491. The van der Waals surface area contributed by atoms with Gasteiger partial charge in [0.1, 0.15) is 5.60 Å². The number of carboxylic acid groups (broad SMARTS) is 1. The van der Waals surface area contributed by atoms with E-state index in [1.807, 2.05) is 29.2 Å². The average molecular weight is 316 g/mol.